The van der Waals surface area contributed by atoms with E-state index in [0.717, 1.165) is 167 Å². The van der Waals surface area contributed by atoms with E-state index in [0.29, 0.717) is 11.6 Å². The van der Waals surface area contributed by atoms with Gasteiger partial charge in [0.15, 0.2) is 11.6 Å². The number of hydrogen-bond donors (Lipinski definition) is 0. The van der Waals surface area contributed by atoms with Crippen LogP contribution in [0.4, 0.5) is 0 Å². The van der Waals surface area contributed by atoms with E-state index in [1.54, 1.807) is 0 Å². The largest absolute Gasteiger partial charge is 0.309 e. The molecule has 0 saturated carbocycles. The van der Waals surface area contributed by atoms with Gasteiger partial charge in [-0.25, -0.2) is 24.9 Å². The Kier molecular flexibility index (Phi) is 14.4. The Morgan fingerprint density at radius 3 is 0.827 bits per heavy atom. The first-order valence-electron chi connectivity index (χ1n) is 33.1. The fourth-order valence-electron chi connectivity index (χ4n) is 14.0. The predicted octanol–water partition coefficient (Wildman–Crippen LogP) is 23.2. The minimum Gasteiger partial charge on any atom is -0.309 e. The summed E-state index contributed by atoms with van der Waals surface area (Å²) < 4.78 is 4.91. The molecule has 0 saturated heterocycles. The monoisotopic (exact) mass is 1250 g/mol. The highest BCUT2D eigenvalue weighted by atomic mass is 15.0. The van der Waals surface area contributed by atoms with Crippen molar-refractivity contribution in [1.29, 1.82) is 0 Å². The van der Waals surface area contributed by atoms with Gasteiger partial charge in [-0.15, -0.1) is 0 Å². The molecule has 0 bridgehead atoms. The van der Waals surface area contributed by atoms with Crippen LogP contribution in [0.1, 0.15) is 0 Å². The Morgan fingerprint density at radius 2 is 0.459 bits per heavy atom. The number of rotatable bonds is 13. The third-order valence-electron chi connectivity index (χ3n) is 18.7. The normalized spacial score (nSPS) is 11.5. The molecule has 0 fully saturated rings. The standard InChI is InChI=1S/C91H59N7/c1-9-26-60(27-10-1)68-44-48-85-73(52-68)76-55-71(80-43-25-42-79(92-80)63-32-15-4-16-33-63)47-51-86(76)97(85)72-56-77(83-58-81(64-34-17-5-18-35-64)93-90(95-83)66-38-21-7-22-39-66)89(78(57-72)84-59-82(65-36-19-6-20-37-65)94-91(96-84)67-40-23-8-24-41-67)98-87-49-45-69(61-28-11-2-12-29-61)53-74(87)75-54-70(46-50-88(75)98)62-30-13-3-14-31-62/h1-59H. The molecule has 0 N–H and O–H groups in total. The van der Waals surface area contributed by atoms with E-state index in [-0.39, 0.29) is 0 Å². The van der Waals surface area contributed by atoms with Crippen molar-refractivity contribution in [2.75, 3.05) is 0 Å². The average molecular weight is 1250 g/mol. The first-order chi connectivity index (χ1) is 48.6. The van der Waals surface area contributed by atoms with Crippen molar-refractivity contribution in [1.82, 2.24) is 34.1 Å². The summed E-state index contributed by atoms with van der Waals surface area (Å²) in [6.45, 7) is 0. The molecule has 5 heterocycles. The molecule has 0 aliphatic carbocycles. The topological polar surface area (TPSA) is 74.3 Å². The predicted molar refractivity (Wildman–Crippen MR) is 404 cm³/mol. The van der Waals surface area contributed by atoms with Crippen molar-refractivity contribution in [3.63, 3.8) is 0 Å². The van der Waals surface area contributed by atoms with Crippen LogP contribution in [0.3, 0.4) is 0 Å². The molecule has 13 aromatic carbocycles. The molecule has 0 amide bonds. The maximum atomic E-state index is 5.80. The third-order valence-corrected chi connectivity index (χ3v) is 18.7. The van der Waals surface area contributed by atoms with Gasteiger partial charge >= 0.3 is 0 Å². The third kappa shape index (κ3) is 10.6. The van der Waals surface area contributed by atoms with Crippen LogP contribution >= 0.6 is 0 Å². The molecule has 0 aliphatic heterocycles. The molecule has 98 heavy (non-hydrogen) atoms. The molecular weight excluding hydrogens is 1190 g/mol. The highest BCUT2D eigenvalue weighted by molar-refractivity contribution is 6.14. The fourth-order valence-corrected chi connectivity index (χ4v) is 14.0. The summed E-state index contributed by atoms with van der Waals surface area (Å²) in [5, 5.41) is 4.39. The van der Waals surface area contributed by atoms with E-state index in [1.807, 2.05) is 18.2 Å². The van der Waals surface area contributed by atoms with Gasteiger partial charge in [-0.3, -0.25) is 0 Å². The number of fused-ring (bicyclic) bond motifs is 6. The number of nitrogens with zero attached hydrogens (tertiary/aromatic N) is 7. The Morgan fingerprint density at radius 1 is 0.173 bits per heavy atom. The molecule has 18 aromatic rings. The minimum atomic E-state index is 0.602. The average Bonchev–Trinajstić information content (AvgIpc) is 1.55. The molecule has 0 spiro atoms. The Balaban J connectivity index is 1.00. The molecule has 0 aliphatic rings. The van der Waals surface area contributed by atoms with Gasteiger partial charge in [0.05, 0.1) is 61.9 Å². The molecular formula is C91H59N7. The first kappa shape index (κ1) is 57.4. The van der Waals surface area contributed by atoms with Crippen molar-refractivity contribution in [3.05, 3.63) is 358 Å². The highest BCUT2D eigenvalue weighted by Gasteiger charge is 2.28. The van der Waals surface area contributed by atoms with Crippen molar-refractivity contribution < 1.29 is 0 Å². The molecule has 7 heteroatoms. The maximum Gasteiger partial charge on any atom is 0.160 e. The number of pyridine rings is 1. The number of aromatic nitrogens is 7. The smallest absolute Gasteiger partial charge is 0.160 e. The fraction of sp³-hybridized carbons (Fsp3) is 0. The molecule has 0 radical (unpaired) electrons. The lowest BCUT2D eigenvalue weighted by Gasteiger charge is -2.22. The van der Waals surface area contributed by atoms with Crippen LogP contribution in [0.5, 0.6) is 0 Å². The van der Waals surface area contributed by atoms with Gasteiger partial charge in [0.2, 0.25) is 0 Å². The van der Waals surface area contributed by atoms with Crippen LogP contribution in [0, 0.1) is 0 Å². The van der Waals surface area contributed by atoms with E-state index in [2.05, 4.69) is 349 Å². The molecule has 0 unspecified atom stereocenters. The van der Waals surface area contributed by atoms with Crippen LogP contribution in [-0.4, -0.2) is 34.1 Å². The van der Waals surface area contributed by atoms with Crippen LogP contribution in [0.2, 0.25) is 0 Å². The van der Waals surface area contributed by atoms with E-state index in [9.17, 15) is 0 Å². The minimum absolute atomic E-state index is 0.602. The zero-order valence-electron chi connectivity index (χ0n) is 53.2. The summed E-state index contributed by atoms with van der Waals surface area (Å²) in [4.78, 5) is 27.8. The van der Waals surface area contributed by atoms with E-state index >= 15 is 0 Å². The van der Waals surface area contributed by atoms with Gasteiger partial charge < -0.3 is 9.13 Å². The lowest BCUT2D eigenvalue weighted by molar-refractivity contribution is 1.12. The van der Waals surface area contributed by atoms with Crippen molar-refractivity contribution in [2.24, 2.45) is 0 Å². The number of benzene rings is 13. The van der Waals surface area contributed by atoms with Gasteiger partial charge in [-0.1, -0.05) is 273 Å². The van der Waals surface area contributed by atoms with Crippen LogP contribution in [0.25, 0.3) is 179 Å². The van der Waals surface area contributed by atoms with Gasteiger partial charge in [0.25, 0.3) is 0 Å². The summed E-state index contributed by atoms with van der Waals surface area (Å²) in [5.41, 5.74) is 25.0. The van der Waals surface area contributed by atoms with E-state index in [4.69, 9.17) is 24.9 Å². The zero-order valence-corrected chi connectivity index (χ0v) is 53.2. The summed E-state index contributed by atoms with van der Waals surface area (Å²) in [6.07, 6.45) is 0. The van der Waals surface area contributed by atoms with E-state index < -0.39 is 0 Å². The van der Waals surface area contributed by atoms with Gasteiger partial charge in [-0.2, -0.15) is 0 Å². The molecule has 458 valence electrons. The van der Waals surface area contributed by atoms with Crippen molar-refractivity contribution in [3.8, 4) is 135 Å². The summed E-state index contributed by atoms with van der Waals surface area (Å²) in [5.74, 6) is 1.20. The quantitative estimate of drug-likeness (QED) is 0.115. The lowest BCUT2D eigenvalue weighted by atomic mass is 9.96. The van der Waals surface area contributed by atoms with Crippen molar-refractivity contribution in [2.45, 2.75) is 0 Å². The SMILES string of the molecule is c1ccc(-c2ccc3c(c2)c2cc(-c4cccc(-c5ccccc5)n4)ccc2n3-c2cc(-c3cc(-c4ccccc4)nc(-c4ccccc4)n3)c(-n3c4ccc(-c5ccccc5)cc4c4cc(-c5ccccc5)ccc43)c(-c3cc(-c4ccccc4)nc(-c4ccccc4)n3)c2)cc1. The second kappa shape index (κ2) is 24.6. The lowest BCUT2D eigenvalue weighted by Crippen LogP contribution is -2.07. The molecule has 7 nitrogen and oxygen atoms in total. The van der Waals surface area contributed by atoms with Gasteiger partial charge in [0.1, 0.15) is 0 Å². The number of hydrogen-bond acceptors (Lipinski definition) is 5. The molecule has 5 aromatic heterocycles. The Bertz CT molecular complexity index is 5640. The zero-order chi connectivity index (χ0) is 64.9. The van der Waals surface area contributed by atoms with Gasteiger partial charge in [0, 0.05) is 71.7 Å². The molecule has 18 rings (SSSR count). The summed E-state index contributed by atoms with van der Waals surface area (Å²) in [6, 6.07) is 127. The summed E-state index contributed by atoms with van der Waals surface area (Å²) >= 11 is 0. The second-order valence-corrected chi connectivity index (χ2v) is 24.7. The Labute approximate surface area is 567 Å². The summed E-state index contributed by atoms with van der Waals surface area (Å²) in [7, 11) is 0. The van der Waals surface area contributed by atoms with Crippen LogP contribution in [0.15, 0.2) is 358 Å². The molecule has 0 atom stereocenters. The van der Waals surface area contributed by atoms with Gasteiger partial charge in [-0.05, 0) is 118 Å². The van der Waals surface area contributed by atoms with Crippen LogP contribution in [-0.2, 0) is 0 Å². The van der Waals surface area contributed by atoms with Crippen LogP contribution < -0.4 is 0 Å². The highest BCUT2D eigenvalue weighted by Crippen LogP contribution is 2.47. The first-order valence-corrected chi connectivity index (χ1v) is 33.1. The Hall–Kier alpha value is -13.2. The van der Waals surface area contributed by atoms with E-state index in [1.165, 1.54) is 0 Å². The van der Waals surface area contributed by atoms with Crippen molar-refractivity contribution >= 4 is 43.6 Å². The maximum absolute atomic E-state index is 5.80. The second-order valence-electron chi connectivity index (χ2n) is 24.7.